The molecular formula is C17H15IN2O. The van der Waals surface area contributed by atoms with Crippen LogP contribution in [0.15, 0.2) is 48.5 Å². The number of nitrogens with zero attached hydrogens (tertiary/aromatic N) is 1. The second-order valence-corrected chi connectivity index (χ2v) is 6.17. The van der Waals surface area contributed by atoms with Gasteiger partial charge in [0.2, 0.25) is 5.91 Å². The molecule has 0 aromatic heterocycles. The molecule has 2 aromatic rings. The number of rotatable bonds is 2. The van der Waals surface area contributed by atoms with Crippen molar-refractivity contribution in [1.29, 1.82) is 0 Å². The maximum absolute atomic E-state index is 11.2. The highest BCUT2D eigenvalue weighted by Gasteiger charge is 2.14. The van der Waals surface area contributed by atoms with Crippen LogP contribution in [0.4, 0.5) is 5.69 Å². The number of fused-ring (bicyclic) bond motifs is 1. The molecule has 0 unspecified atom stereocenters. The second-order valence-electron chi connectivity index (χ2n) is 5.01. The number of carbonyl (C=O) groups excluding carboxylic acids is 1. The Bertz CT molecular complexity index is 707. The molecule has 1 heterocycles. The van der Waals surface area contributed by atoms with Crippen molar-refractivity contribution in [2.24, 2.45) is 5.73 Å². The molecule has 0 saturated heterocycles. The summed E-state index contributed by atoms with van der Waals surface area (Å²) in [4.78, 5) is 11.2. The van der Waals surface area contributed by atoms with Crippen molar-refractivity contribution >= 4 is 46.1 Å². The first-order valence-electron chi connectivity index (χ1n) is 6.78. The molecule has 0 aliphatic carbocycles. The quantitative estimate of drug-likeness (QED) is 0.625. The summed E-state index contributed by atoms with van der Waals surface area (Å²) in [7, 11) is 0. The minimum Gasteiger partial charge on any atom is -0.366 e. The van der Waals surface area contributed by atoms with Crippen LogP contribution in [0.1, 0.15) is 27.9 Å². The summed E-state index contributed by atoms with van der Waals surface area (Å²) in [5, 5.41) is 0. The Morgan fingerprint density at radius 3 is 2.52 bits per heavy atom. The Hall–Kier alpha value is -1.82. The molecule has 0 spiro atoms. The van der Waals surface area contributed by atoms with Gasteiger partial charge < -0.3 is 8.85 Å². The molecule has 0 saturated carbocycles. The highest BCUT2D eigenvalue weighted by molar-refractivity contribution is 14.1. The molecule has 2 aromatic carbocycles. The van der Waals surface area contributed by atoms with E-state index in [4.69, 9.17) is 5.73 Å². The fourth-order valence-electron chi connectivity index (χ4n) is 2.51. The summed E-state index contributed by atoms with van der Waals surface area (Å²) in [6.07, 6.45) is 3.20. The highest BCUT2D eigenvalue weighted by atomic mass is 127. The van der Waals surface area contributed by atoms with Crippen LogP contribution in [-0.2, 0) is 0 Å². The topological polar surface area (TPSA) is 46.3 Å². The monoisotopic (exact) mass is 390 g/mol. The van der Waals surface area contributed by atoms with Crippen molar-refractivity contribution in [3.8, 4) is 0 Å². The van der Waals surface area contributed by atoms with Gasteiger partial charge in [-0.2, -0.15) is 0 Å². The Balaban J connectivity index is 1.99. The Labute approximate surface area is 137 Å². The molecule has 3 nitrogen and oxygen atoms in total. The number of benzene rings is 2. The molecule has 0 radical (unpaired) electrons. The molecule has 1 aliphatic heterocycles. The van der Waals surface area contributed by atoms with Gasteiger partial charge in [0.25, 0.3) is 0 Å². The fraction of sp³-hybridized carbons (Fsp3) is 0.118. The third kappa shape index (κ3) is 2.95. The molecule has 4 heteroatoms. The number of amides is 1. The average Bonchev–Trinajstić information content (AvgIpc) is 2.67. The number of nitrogens with two attached hydrogens (primary N) is 1. The van der Waals surface area contributed by atoms with Gasteiger partial charge in [-0.25, -0.2) is 0 Å². The molecule has 0 atom stereocenters. The second kappa shape index (κ2) is 5.89. The number of carbonyl (C=O) groups is 1. The lowest BCUT2D eigenvalue weighted by Crippen LogP contribution is -2.11. The van der Waals surface area contributed by atoms with Crippen molar-refractivity contribution in [3.05, 3.63) is 65.2 Å². The van der Waals surface area contributed by atoms with Crippen LogP contribution < -0.4 is 8.85 Å². The zero-order chi connectivity index (χ0) is 14.8. The fourth-order valence-corrected chi connectivity index (χ4v) is 3.19. The third-order valence-corrected chi connectivity index (χ3v) is 4.65. The third-order valence-electron chi connectivity index (χ3n) is 3.65. The minimum absolute atomic E-state index is 0.389. The maximum Gasteiger partial charge on any atom is 0.248 e. The Kier molecular flexibility index (Phi) is 3.96. The van der Waals surface area contributed by atoms with Gasteiger partial charge >= 0.3 is 0 Å². The van der Waals surface area contributed by atoms with Crippen LogP contribution in [0.5, 0.6) is 0 Å². The first-order valence-corrected chi connectivity index (χ1v) is 7.75. The summed E-state index contributed by atoms with van der Waals surface area (Å²) in [5.41, 5.74) is 10.7. The van der Waals surface area contributed by atoms with Crippen molar-refractivity contribution in [2.75, 3.05) is 9.66 Å². The molecule has 1 amide bonds. The molecule has 1 aliphatic rings. The molecule has 2 N–H and O–H groups in total. The summed E-state index contributed by atoms with van der Waals surface area (Å²) < 4.78 is 2.24. The van der Waals surface area contributed by atoms with E-state index in [1.165, 1.54) is 16.8 Å². The lowest BCUT2D eigenvalue weighted by molar-refractivity contribution is 0.100. The summed E-state index contributed by atoms with van der Waals surface area (Å²) in [5.74, 6) is -0.389. The van der Waals surface area contributed by atoms with Gasteiger partial charge in [-0.1, -0.05) is 30.3 Å². The van der Waals surface area contributed by atoms with E-state index in [0.717, 1.165) is 18.5 Å². The van der Waals surface area contributed by atoms with Gasteiger partial charge in [-0.15, -0.1) is 0 Å². The first kappa shape index (κ1) is 14.1. The zero-order valence-electron chi connectivity index (χ0n) is 11.4. The van der Waals surface area contributed by atoms with E-state index in [-0.39, 0.29) is 5.91 Å². The van der Waals surface area contributed by atoms with Gasteiger partial charge in [0, 0.05) is 12.1 Å². The number of anilines is 1. The van der Waals surface area contributed by atoms with Crippen LogP contribution in [0.3, 0.4) is 0 Å². The van der Waals surface area contributed by atoms with Crippen molar-refractivity contribution in [2.45, 2.75) is 6.42 Å². The average molecular weight is 390 g/mol. The predicted octanol–water partition coefficient (Wildman–Crippen LogP) is 3.89. The zero-order valence-corrected chi connectivity index (χ0v) is 13.6. The smallest absolute Gasteiger partial charge is 0.248 e. The van der Waals surface area contributed by atoms with Crippen LogP contribution in [-0.4, -0.2) is 12.5 Å². The van der Waals surface area contributed by atoms with Crippen molar-refractivity contribution < 1.29 is 4.79 Å². The van der Waals surface area contributed by atoms with E-state index in [9.17, 15) is 4.79 Å². The van der Waals surface area contributed by atoms with Crippen molar-refractivity contribution in [1.82, 2.24) is 0 Å². The van der Waals surface area contributed by atoms with Crippen LogP contribution in [0.2, 0.25) is 0 Å². The van der Waals surface area contributed by atoms with E-state index in [1.54, 1.807) is 12.1 Å². The summed E-state index contributed by atoms with van der Waals surface area (Å²) >= 11 is 2.36. The Morgan fingerprint density at radius 2 is 1.81 bits per heavy atom. The van der Waals surface area contributed by atoms with E-state index in [2.05, 4.69) is 56.3 Å². The number of primary amides is 1. The maximum atomic E-state index is 11.2. The normalized spacial score (nSPS) is 14.1. The predicted molar refractivity (Wildman–Crippen MR) is 95.3 cm³/mol. The molecule has 0 fully saturated rings. The lowest BCUT2D eigenvalue weighted by Gasteiger charge is -2.16. The summed E-state index contributed by atoms with van der Waals surface area (Å²) in [6.45, 7) is 0.959. The molecule has 106 valence electrons. The SMILES string of the molecule is NC(=O)c1ccc(C2=Cc3ccccc3N(I)CC2)cc1. The number of halogens is 1. The van der Waals surface area contributed by atoms with E-state index in [1.807, 2.05) is 12.1 Å². The number of para-hydroxylation sites is 1. The first-order chi connectivity index (χ1) is 10.1. The number of hydrogen-bond acceptors (Lipinski definition) is 2. The van der Waals surface area contributed by atoms with Gasteiger partial charge in [-0.05, 0) is 47.4 Å². The van der Waals surface area contributed by atoms with E-state index < -0.39 is 0 Å². The number of hydrogen-bond donors (Lipinski definition) is 1. The molecular weight excluding hydrogens is 375 g/mol. The standard InChI is InChI=1S/C17H15IN2O/c18-20-10-9-14(11-15-3-1-2-4-16(15)20)12-5-7-13(8-6-12)17(19)21/h1-8,11H,9-10H2,(H2,19,21). The van der Waals surface area contributed by atoms with E-state index in [0.29, 0.717) is 5.56 Å². The Morgan fingerprint density at radius 1 is 1.10 bits per heavy atom. The van der Waals surface area contributed by atoms with Gasteiger partial charge in [0.15, 0.2) is 0 Å². The van der Waals surface area contributed by atoms with Crippen LogP contribution >= 0.6 is 22.9 Å². The van der Waals surface area contributed by atoms with Crippen LogP contribution in [0.25, 0.3) is 11.6 Å². The van der Waals surface area contributed by atoms with Gasteiger partial charge in [0.1, 0.15) is 0 Å². The summed E-state index contributed by atoms with van der Waals surface area (Å²) in [6, 6.07) is 15.9. The van der Waals surface area contributed by atoms with Gasteiger partial charge in [-0.3, -0.25) is 4.79 Å². The highest BCUT2D eigenvalue weighted by Crippen LogP contribution is 2.33. The minimum atomic E-state index is -0.389. The molecule has 0 bridgehead atoms. The molecule has 21 heavy (non-hydrogen) atoms. The van der Waals surface area contributed by atoms with Crippen molar-refractivity contribution in [3.63, 3.8) is 0 Å². The molecule has 3 rings (SSSR count). The lowest BCUT2D eigenvalue weighted by atomic mass is 9.99. The largest absolute Gasteiger partial charge is 0.366 e. The van der Waals surface area contributed by atoms with E-state index >= 15 is 0 Å². The van der Waals surface area contributed by atoms with Gasteiger partial charge in [0.05, 0.1) is 28.6 Å². The van der Waals surface area contributed by atoms with Crippen LogP contribution in [0, 0.1) is 0 Å².